The van der Waals surface area contributed by atoms with E-state index < -0.39 is 0 Å². The lowest BCUT2D eigenvalue weighted by Gasteiger charge is -2.10. The first-order valence-corrected chi connectivity index (χ1v) is 7.89. The molecule has 0 bridgehead atoms. The minimum absolute atomic E-state index is 0.0446. The number of aryl methyl sites for hydroxylation is 1. The van der Waals surface area contributed by atoms with Crippen LogP contribution in [-0.4, -0.2) is 27.0 Å². The molecule has 1 N–H and O–H groups in total. The highest BCUT2D eigenvalue weighted by molar-refractivity contribution is 5.78. The van der Waals surface area contributed by atoms with Crippen molar-refractivity contribution in [2.24, 2.45) is 5.92 Å². The molecule has 0 radical (unpaired) electrons. The number of aromatic nitrogens is 3. The predicted molar refractivity (Wildman–Crippen MR) is 84.3 cm³/mol. The summed E-state index contributed by atoms with van der Waals surface area (Å²) in [7, 11) is 0. The Balaban J connectivity index is 1.47. The molecule has 0 saturated heterocycles. The van der Waals surface area contributed by atoms with Gasteiger partial charge in [0, 0.05) is 43.8 Å². The summed E-state index contributed by atoms with van der Waals surface area (Å²) in [4.78, 5) is 20.4. The van der Waals surface area contributed by atoms with Crippen molar-refractivity contribution >= 4 is 5.91 Å². The smallest absolute Gasteiger partial charge is 0.224 e. The third-order valence-electron chi connectivity index (χ3n) is 4.06. The molecule has 0 atom stereocenters. The van der Waals surface area contributed by atoms with Crippen LogP contribution in [0.3, 0.4) is 0 Å². The summed E-state index contributed by atoms with van der Waals surface area (Å²) in [5, 5.41) is 2.97. The van der Waals surface area contributed by atoms with Gasteiger partial charge >= 0.3 is 0 Å². The molecule has 1 fully saturated rings. The highest BCUT2D eigenvalue weighted by Crippen LogP contribution is 2.31. The number of imidazole rings is 1. The second-order valence-electron chi connectivity index (χ2n) is 6.00. The van der Waals surface area contributed by atoms with Crippen molar-refractivity contribution in [3.05, 3.63) is 47.8 Å². The van der Waals surface area contributed by atoms with Crippen LogP contribution < -0.4 is 5.32 Å². The first-order valence-electron chi connectivity index (χ1n) is 7.89. The number of nitrogens with one attached hydrogen (secondary N) is 1. The molecule has 116 valence electrons. The standard InChI is InChI=1S/C17H22N4O/c1-13-11-20-16(21(13)12-15-2-3-15)6-9-19-17(22)10-14-4-7-18-8-5-14/h4-5,7-8,11,15H,2-3,6,9-10,12H2,1H3,(H,19,22). The molecule has 5 nitrogen and oxygen atoms in total. The first-order chi connectivity index (χ1) is 10.7. The van der Waals surface area contributed by atoms with E-state index >= 15 is 0 Å². The number of pyridine rings is 1. The molecule has 5 heteroatoms. The second-order valence-corrected chi connectivity index (χ2v) is 6.00. The van der Waals surface area contributed by atoms with Crippen molar-refractivity contribution < 1.29 is 4.79 Å². The molecule has 1 amide bonds. The van der Waals surface area contributed by atoms with Crippen LogP contribution in [0.1, 0.15) is 29.9 Å². The SMILES string of the molecule is Cc1cnc(CCNC(=O)Cc2ccncc2)n1CC1CC1. The quantitative estimate of drug-likeness (QED) is 0.849. The third kappa shape index (κ3) is 3.93. The summed E-state index contributed by atoms with van der Waals surface area (Å²) in [5.41, 5.74) is 2.20. The third-order valence-corrected chi connectivity index (χ3v) is 4.06. The van der Waals surface area contributed by atoms with Gasteiger partial charge in [0.25, 0.3) is 0 Å². The Morgan fingerprint density at radius 3 is 2.86 bits per heavy atom. The average Bonchev–Trinajstić information content (AvgIpc) is 3.27. The van der Waals surface area contributed by atoms with Gasteiger partial charge in [-0.3, -0.25) is 9.78 Å². The Kier molecular flexibility index (Phi) is 4.51. The Hall–Kier alpha value is -2.17. The summed E-state index contributed by atoms with van der Waals surface area (Å²) in [5.74, 6) is 1.95. The van der Waals surface area contributed by atoms with Gasteiger partial charge in [-0.15, -0.1) is 0 Å². The Labute approximate surface area is 130 Å². The van der Waals surface area contributed by atoms with Crippen LogP contribution in [0.5, 0.6) is 0 Å². The fraction of sp³-hybridized carbons (Fsp3) is 0.471. The molecule has 2 aromatic rings. The van der Waals surface area contributed by atoms with Gasteiger partial charge in [0.05, 0.1) is 6.42 Å². The highest BCUT2D eigenvalue weighted by atomic mass is 16.1. The normalized spacial score (nSPS) is 14.0. The maximum Gasteiger partial charge on any atom is 0.224 e. The maximum atomic E-state index is 11.9. The van der Waals surface area contributed by atoms with Crippen molar-refractivity contribution in [2.75, 3.05) is 6.54 Å². The van der Waals surface area contributed by atoms with Crippen molar-refractivity contribution in [1.82, 2.24) is 19.9 Å². The van der Waals surface area contributed by atoms with E-state index in [-0.39, 0.29) is 5.91 Å². The van der Waals surface area contributed by atoms with Crippen molar-refractivity contribution in [1.29, 1.82) is 0 Å². The number of rotatable bonds is 7. The second kappa shape index (κ2) is 6.73. The molecule has 0 unspecified atom stereocenters. The monoisotopic (exact) mass is 298 g/mol. The fourth-order valence-corrected chi connectivity index (χ4v) is 2.58. The minimum atomic E-state index is 0.0446. The number of hydrogen-bond donors (Lipinski definition) is 1. The van der Waals surface area contributed by atoms with Crippen molar-refractivity contribution in [3.8, 4) is 0 Å². The van der Waals surface area contributed by atoms with E-state index in [1.807, 2.05) is 18.3 Å². The van der Waals surface area contributed by atoms with Crippen LogP contribution in [0.15, 0.2) is 30.7 Å². The average molecular weight is 298 g/mol. The van der Waals surface area contributed by atoms with Gasteiger partial charge < -0.3 is 9.88 Å². The summed E-state index contributed by atoms with van der Waals surface area (Å²) < 4.78 is 2.30. The molecule has 0 spiro atoms. The van der Waals surface area contributed by atoms with Crippen molar-refractivity contribution in [2.45, 2.75) is 39.2 Å². The van der Waals surface area contributed by atoms with Crippen LogP contribution >= 0.6 is 0 Å². The summed E-state index contributed by atoms with van der Waals surface area (Å²) in [6.07, 6.45) is 9.19. The molecule has 0 aromatic carbocycles. The lowest BCUT2D eigenvalue weighted by Crippen LogP contribution is -2.28. The number of nitrogens with zero attached hydrogens (tertiary/aromatic N) is 3. The zero-order valence-corrected chi connectivity index (χ0v) is 13.0. The zero-order chi connectivity index (χ0) is 15.4. The van der Waals surface area contributed by atoms with E-state index in [2.05, 4.69) is 26.8 Å². The molecule has 1 aliphatic rings. The molecule has 1 saturated carbocycles. The lowest BCUT2D eigenvalue weighted by atomic mass is 10.2. The molecule has 0 aliphatic heterocycles. The van der Waals surface area contributed by atoms with Gasteiger partial charge in [0.2, 0.25) is 5.91 Å². The number of carbonyl (C=O) groups excluding carboxylic acids is 1. The Morgan fingerprint density at radius 1 is 1.36 bits per heavy atom. The maximum absolute atomic E-state index is 11.9. The van der Waals surface area contributed by atoms with E-state index in [0.29, 0.717) is 13.0 Å². The van der Waals surface area contributed by atoms with Gasteiger partial charge in [-0.2, -0.15) is 0 Å². The van der Waals surface area contributed by atoms with E-state index in [1.54, 1.807) is 12.4 Å². The Bertz CT molecular complexity index is 631. The van der Waals surface area contributed by atoms with Gasteiger partial charge in [0.1, 0.15) is 5.82 Å². The minimum Gasteiger partial charge on any atom is -0.355 e. The van der Waals surface area contributed by atoms with Gasteiger partial charge in [0.15, 0.2) is 0 Å². The van der Waals surface area contributed by atoms with Gasteiger partial charge in [-0.25, -0.2) is 4.98 Å². The van der Waals surface area contributed by atoms with Crippen molar-refractivity contribution in [3.63, 3.8) is 0 Å². The van der Waals surface area contributed by atoms with E-state index in [4.69, 9.17) is 0 Å². The molecule has 3 rings (SSSR count). The van der Waals surface area contributed by atoms with Crippen LogP contribution in [-0.2, 0) is 24.2 Å². The van der Waals surface area contributed by atoms with Crippen LogP contribution in [0.2, 0.25) is 0 Å². The molecule has 2 aromatic heterocycles. The van der Waals surface area contributed by atoms with Crippen LogP contribution in [0.25, 0.3) is 0 Å². The number of carbonyl (C=O) groups is 1. The molecular formula is C17H22N4O. The van der Waals surface area contributed by atoms with Gasteiger partial charge in [-0.05, 0) is 43.4 Å². The van der Waals surface area contributed by atoms with Crippen LogP contribution in [0, 0.1) is 12.8 Å². The van der Waals surface area contributed by atoms with E-state index in [9.17, 15) is 4.79 Å². The molecule has 2 heterocycles. The summed E-state index contributed by atoms with van der Waals surface area (Å²) in [6, 6.07) is 3.73. The molecular weight excluding hydrogens is 276 g/mol. The lowest BCUT2D eigenvalue weighted by molar-refractivity contribution is -0.120. The van der Waals surface area contributed by atoms with E-state index in [1.165, 1.54) is 18.5 Å². The number of hydrogen-bond acceptors (Lipinski definition) is 3. The molecule has 1 aliphatic carbocycles. The largest absolute Gasteiger partial charge is 0.355 e. The Morgan fingerprint density at radius 2 is 2.14 bits per heavy atom. The fourth-order valence-electron chi connectivity index (χ4n) is 2.58. The summed E-state index contributed by atoms with van der Waals surface area (Å²) in [6.45, 7) is 3.80. The first kappa shape index (κ1) is 14.8. The zero-order valence-electron chi connectivity index (χ0n) is 13.0. The highest BCUT2D eigenvalue weighted by Gasteiger charge is 2.23. The van der Waals surface area contributed by atoms with E-state index in [0.717, 1.165) is 30.3 Å². The number of amides is 1. The molecule has 22 heavy (non-hydrogen) atoms. The topological polar surface area (TPSA) is 59.8 Å². The summed E-state index contributed by atoms with van der Waals surface area (Å²) >= 11 is 0. The van der Waals surface area contributed by atoms with Gasteiger partial charge in [-0.1, -0.05) is 0 Å². The van der Waals surface area contributed by atoms with Crippen LogP contribution in [0.4, 0.5) is 0 Å². The predicted octanol–water partition coefficient (Wildman–Crippen LogP) is 1.90.